The molecular weight excluding hydrogens is 645 g/mol. The number of anilines is 1. The van der Waals surface area contributed by atoms with Crippen LogP contribution >= 0.6 is 0 Å². The van der Waals surface area contributed by atoms with E-state index in [0.717, 1.165) is 71.2 Å². The van der Waals surface area contributed by atoms with E-state index in [0.29, 0.717) is 28.1 Å². The molecule has 0 fully saturated rings. The van der Waals surface area contributed by atoms with Gasteiger partial charge in [-0.25, -0.2) is 4.90 Å². The molecule has 4 heterocycles. The summed E-state index contributed by atoms with van der Waals surface area (Å²) in [6.07, 6.45) is 0. The van der Waals surface area contributed by atoms with Gasteiger partial charge in [0.05, 0.1) is 50.1 Å². The molecule has 3 aromatic heterocycles. The third-order valence-corrected chi connectivity index (χ3v) is 10.5. The highest BCUT2D eigenvalue weighted by molar-refractivity contribution is 6.34. The van der Waals surface area contributed by atoms with Crippen molar-refractivity contribution in [2.75, 3.05) is 4.90 Å². The van der Waals surface area contributed by atoms with E-state index in [1.165, 1.54) is 4.90 Å². The van der Waals surface area contributed by atoms with Gasteiger partial charge in [-0.05, 0) is 72.8 Å². The first-order valence-corrected chi connectivity index (χ1v) is 17.0. The Morgan fingerprint density at radius 2 is 1.13 bits per heavy atom. The summed E-state index contributed by atoms with van der Waals surface area (Å²) >= 11 is 0. The van der Waals surface area contributed by atoms with Crippen LogP contribution < -0.4 is 4.90 Å². The molecule has 0 aliphatic carbocycles. The van der Waals surface area contributed by atoms with E-state index in [9.17, 15) is 14.9 Å². The normalized spacial score (nSPS) is 13.0. The van der Waals surface area contributed by atoms with Crippen molar-refractivity contribution in [2.24, 2.45) is 0 Å². The van der Waals surface area contributed by atoms with Gasteiger partial charge >= 0.3 is 0 Å². The second kappa shape index (κ2) is 10.3. The van der Waals surface area contributed by atoms with Crippen LogP contribution in [0.3, 0.4) is 0 Å². The minimum atomic E-state index is -0.382. The van der Waals surface area contributed by atoms with Crippen molar-refractivity contribution in [3.8, 4) is 17.4 Å². The minimum absolute atomic E-state index is 0.368. The number of furan rings is 1. The highest BCUT2D eigenvalue weighted by atomic mass is 16.3. The van der Waals surface area contributed by atoms with Crippen LogP contribution in [0, 0.1) is 11.3 Å². The number of hydrogen-bond acceptors (Lipinski definition) is 4. The lowest BCUT2D eigenvalue weighted by Gasteiger charge is -2.17. The molecule has 11 rings (SSSR count). The summed E-state index contributed by atoms with van der Waals surface area (Å²) in [7, 11) is 0. The molecule has 0 radical (unpaired) electrons. The fourth-order valence-corrected chi connectivity index (χ4v) is 8.25. The Balaban J connectivity index is 1.22. The van der Waals surface area contributed by atoms with E-state index in [-0.39, 0.29) is 11.8 Å². The van der Waals surface area contributed by atoms with Crippen LogP contribution in [0.2, 0.25) is 0 Å². The van der Waals surface area contributed by atoms with Crippen LogP contribution in [0.4, 0.5) is 5.69 Å². The zero-order valence-corrected chi connectivity index (χ0v) is 27.4. The quantitative estimate of drug-likeness (QED) is 0.175. The summed E-state index contributed by atoms with van der Waals surface area (Å²) in [5.41, 5.74) is 8.71. The average molecular weight is 669 g/mol. The summed E-state index contributed by atoms with van der Waals surface area (Å²) in [5, 5.41) is 16.8. The number of carbonyl (C=O) groups is 2. The van der Waals surface area contributed by atoms with E-state index < -0.39 is 0 Å². The number of aromatic nitrogens is 2. The number of hydrogen-bond donors (Lipinski definition) is 0. The molecule has 1 aliphatic heterocycles. The molecule has 0 saturated heterocycles. The van der Waals surface area contributed by atoms with Gasteiger partial charge in [-0.15, -0.1) is 0 Å². The Morgan fingerprint density at radius 3 is 1.90 bits per heavy atom. The SMILES string of the molecule is N#Cc1ccc(N2C(=O)c3ccccc3C2=O)cc1-n1c2ccccc2c2c1ccc1c3ccccc3n(-c3ccc4oc5ccccc5c4c3)c12. The molecule has 0 bridgehead atoms. The van der Waals surface area contributed by atoms with Crippen LogP contribution in [-0.4, -0.2) is 20.9 Å². The molecule has 52 heavy (non-hydrogen) atoms. The second-order valence-electron chi connectivity index (χ2n) is 13.1. The highest BCUT2D eigenvalue weighted by Gasteiger charge is 2.36. The molecule has 0 N–H and O–H groups in total. The topological polar surface area (TPSA) is 84.2 Å². The molecule has 7 aromatic carbocycles. The van der Waals surface area contributed by atoms with Gasteiger partial charge < -0.3 is 13.6 Å². The Bertz CT molecular complexity index is 3230. The Hall–Kier alpha value is -7.43. The lowest BCUT2D eigenvalue weighted by molar-refractivity contribution is 0.0926. The minimum Gasteiger partial charge on any atom is -0.456 e. The van der Waals surface area contributed by atoms with Gasteiger partial charge in [-0.1, -0.05) is 72.8 Å². The maximum Gasteiger partial charge on any atom is 0.266 e. The zero-order valence-electron chi connectivity index (χ0n) is 27.4. The van der Waals surface area contributed by atoms with Crippen LogP contribution in [0.5, 0.6) is 0 Å². The molecule has 2 amide bonds. The number of carbonyl (C=O) groups excluding carboxylic acids is 2. The predicted molar refractivity (Wildman–Crippen MR) is 205 cm³/mol. The van der Waals surface area contributed by atoms with Crippen molar-refractivity contribution in [3.05, 3.63) is 162 Å². The van der Waals surface area contributed by atoms with E-state index in [2.05, 4.69) is 75.9 Å². The van der Waals surface area contributed by atoms with Gasteiger partial charge in [0.25, 0.3) is 11.8 Å². The molecule has 0 atom stereocenters. The van der Waals surface area contributed by atoms with Crippen molar-refractivity contribution in [1.29, 1.82) is 5.26 Å². The molecule has 1 aliphatic rings. The van der Waals surface area contributed by atoms with Gasteiger partial charge in [-0.2, -0.15) is 5.26 Å². The number of amides is 2. The number of para-hydroxylation sites is 3. The second-order valence-corrected chi connectivity index (χ2v) is 13.1. The molecular formula is C45H24N4O3. The Kier molecular flexibility index (Phi) is 5.63. The van der Waals surface area contributed by atoms with Gasteiger partial charge in [-0.3, -0.25) is 9.59 Å². The van der Waals surface area contributed by atoms with Crippen LogP contribution in [0.15, 0.2) is 150 Å². The van der Waals surface area contributed by atoms with Crippen molar-refractivity contribution in [2.45, 2.75) is 0 Å². The fraction of sp³-hybridized carbons (Fsp3) is 0. The monoisotopic (exact) mass is 668 g/mol. The van der Waals surface area contributed by atoms with Crippen LogP contribution in [0.25, 0.3) is 76.9 Å². The van der Waals surface area contributed by atoms with Gasteiger partial charge in [0, 0.05) is 38.0 Å². The summed E-state index contributed by atoms with van der Waals surface area (Å²) in [4.78, 5) is 28.3. The van der Waals surface area contributed by atoms with Crippen LogP contribution in [0.1, 0.15) is 26.3 Å². The van der Waals surface area contributed by atoms with Crippen molar-refractivity contribution < 1.29 is 14.0 Å². The fourth-order valence-electron chi connectivity index (χ4n) is 8.25. The summed E-state index contributed by atoms with van der Waals surface area (Å²) in [5.74, 6) is -0.765. The zero-order chi connectivity index (χ0) is 34.7. The van der Waals surface area contributed by atoms with Gasteiger partial charge in [0.1, 0.15) is 17.2 Å². The average Bonchev–Trinajstić information content (AvgIpc) is 3.91. The number of nitrogens with zero attached hydrogens (tertiary/aromatic N) is 4. The lowest BCUT2D eigenvalue weighted by Crippen LogP contribution is -2.29. The first kappa shape index (κ1) is 28.4. The predicted octanol–water partition coefficient (Wildman–Crippen LogP) is 10.5. The van der Waals surface area contributed by atoms with Gasteiger partial charge in [0.15, 0.2) is 0 Å². The number of rotatable bonds is 3. The molecule has 0 unspecified atom stereocenters. The number of benzene rings is 7. The summed E-state index contributed by atoms with van der Waals surface area (Å²) in [6.45, 7) is 0. The standard InChI is InChI=1S/C45H24N4O3/c46-25-26-17-18-28(48-44(50)32-11-1-2-12-33(32)45(48)51)24-39(26)49-37-15-7-4-13-34(37)42-38(49)21-20-31-29-9-3-6-14-36(29)47(43(31)42)27-19-22-41-35(23-27)30-10-5-8-16-40(30)52-41/h1-24H. The first-order valence-electron chi connectivity index (χ1n) is 17.0. The summed E-state index contributed by atoms with van der Waals surface area (Å²) in [6, 6.07) is 49.7. The number of fused-ring (bicyclic) bond motifs is 11. The smallest absolute Gasteiger partial charge is 0.266 e. The molecule has 10 aromatic rings. The number of nitriles is 1. The molecule has 7 nitrogen and oxygen atoms in total. The Morgan fingerprint density at radius 1 is 0.500 bits per heavy atom. The maximum atomic E-state index is 13.5. The van der Waals surface area contributed by atoms with Crippen molar-refractivity contribution in [1.82, 2.24) is 9.13 Å². The molecule has 0 saturated carbocycles. The lowest BCUT2D eigenvalue weighted by atomic mass is 10.1. The highest BCUT2D eigenvalue weighted by Crippen LogP contribution is 2.43. The number of imide groups is 1. The molecule has 242 valence electrons. The molecule has 0 spiro atoms. The van der Waals surface area contributed by atoms with Gasteiger partial charge in [0.2, 0.25) is 0 Å². The summed E-state index contributed by atoms with van der Waals surface area (Å²) < 4.78 is 10.6. The van der Waals surface area contributed by atoms with E-state index >= 15 is 0 Å². The molecule has 7 heteroatoms. The maximum absolute atomic E-state index is 13.5. The van der Waals surface area contributed by atoms with Crippen LogP contribution in [-0.2, 0) is 0 Å². The van der Waals surface area contributed by atoms with Crippen molar-refractivity contribution >= 4 is 83.1 Å². The largest absolute Gasteiger partial charge is 0.456 e. The van der Waals surface area contributed by atoms with E-state index in [4.69, 9.17) is 4.42 Å². The third kappa shape index (κ3) is 3.67. The van der Waals surface area contributed by atoms with E-state index in [1.54, 1.807) is 42.5 Å². The third-order valence-electron chi connectivity index (χ3n) is 10.5. The van der Waals surface area contributed by atoms with E-state index in [1.807, 2.05) is 42.5 Å². The van der Waals surface area contributed by atoms with Crippen molar-refractivity contribution in [3.63, 3.8) is 0 Å². The first-order chi connectivity index (χ1) is 25.6. The Labute approximate surface area is 295 Å².